The maximum atomic E-state index is 14.6. The summed E-state index contributed by atoms with van der Waals surface area (Å²) in [5, 5.41) is 3.90. The highest BCUT2D eigenvalue weighted by molar-refractivity contribution is 5.93. The molecule has 0 aliphatic carbocycles. The molecule has 4 rings (SSSR count). The Morgan fingerprint density at radius 2 is 1.91 bits per heavy atom. The summed E-state index contributed by atoms with van der Waals surface area (Å²) in [6.45, 7) is 4.23. The minimum Gasteiger partial charge on any atom is -0.493 e. The lowest BCUT2D eigenvalue weighted by atomic mass is 10.0. The van der Waals surface area contributed by atoms with Gasteiger partial charge in [0.1, 0.15) is 11.9 Å². The monoisotopic (exact) mass is 459 g/mol. The fourth-order valence-electron chi connectivity index (χ4n) is 3.86. The number of hydrogen-bond donors (Lipinski definition) is 1. The third-order valence-corrected chi connectivity index (χ3v) is 5.75. The number of alkyl halides is 2. The van der Waals surface area contributed by atoms with E-state index in [1.54, 1.807) is 36.2 Å². The van der Waals surface area contributed by atoms with E-state index < -0.39 is 23.8 Å². The van der Waals surface area contributed by atoms with E-state index in [9.17, 15) is 18.0 Å². The van der Waals surface area contributed by atoms with Crippen LogP contribution in [0.1, 0.15) is 37.4 Å². The molecule has 33 heavy (non-hydrogen) atoms. The van der Waals surface area contributed by atoms with Crippen LogP contribution in [0.4, 0.5) is 18.9 Å². The van der Waals surface area contributed by atoms with Crippen LogP contribution in [0, 0.1) is 5.82 Å². The lowest BCUT2D eigenvalue weighted by Gasteiger charge is -2.38. The molecule has 0 saturated carbocycles. The number of anilines is 1. The van der Waals surface area contributed by atoms with Crippen LogP contribution < -0.4 is 14.8 Å². The van der Waals surface area contributed by atoms with Crippen molar-refractivity contribution in [1.29, 1.82) is 0 Å². The lowest BCUT2D eigenvalue weighted by Crippen LogP contribution is -2.55. The fraction of sp³-hybridized carbons (Fsp3) is 0.333. The Balaban J connectivity index is 1.60. The fourth-order valence-corrected chi connectivity index (χ4v) is 3.86. The molecule has 1 N–H and O–H groups in total. The summed E-state index contributed by atoms with van der Waals surface area (Å²) in [4.78, 5) is 17.5. The number of aromatic nitrogens is 1. The first-order chi connectivity index (χ1) is 15.8. The molecule has 1 aliphatic heterocycles. The molecule has 6 nitrogen and oxygen atoms in total. The van der Waals surface area contributed by atoms with Crippen molar-refractivity contribution in [2.24, 2.45) is 0 Å². The van der Waals surface area contributed by atoms with Crippen molar-refractivity contribution in [2.45, 2.75) is 32.4 Å². The number of nitrogens with one attached hydrogen (secondary N) is 1. The Kier molecular flexibility index (Phi) is 6.31. The smallest absolute Gasteiger partial charge is 0.266 e. The molecule has 1 aliphatic rings. The van der Waals surface area contributed by atoms with Gasteiger partial charge in [0, 0.05) is 35.8 Å². The predicted molar refractivity (Wildman–Crippen MR) is 118 cm³/mol. The zero-order chi connectivity index (χ0) is 23.7. The quantitative estimate of drug-likeness (QED) is 0.533. The zero-order valence-electron chi connectivity index (χ0n) is 18.4. The summed E-state index contributed by atoms with van der Waals surface area (Å²) in [6, 6.07) is 8.65. The summed E-state index contributed by atoms with van der Waals surface area (Å²) in [7, 11) is 1.52. The molecule has 2 heterocycles. The number of likely N-dealkylation sites (tertiary alicyclic amines) is 1. The first-order valence-electron chi connectivity index (χ1n) is 10.5. The van der Waals surface area contributed by atoms with Crippen molar-refractivity contribution >= 4 is 22.5 Å². The molecule has 0 radical (unpaired) electrons. The normalized spacial score (nSPS) is 14.8. The van der Waals surface area contributed by atoms with Gasteiger partial charge in [0.15, 0.2) is 11.5 Å². The predicted octanol–water partition coefficient (Wildman–Crippen LogP) is 5.10. The molecule has 1 saturated heterocycles. The summed E-state index contributed by atoms with van der Waals surface area (Å²) in [5.74, 6) is 0.0755. The molecule has 174 valence electrons. The summed E-state index contributed by atoms with van der Waals surface area (Å²) in [5.41, 5.74) is 0.784. The van der Waals surface area contributed by atoms with Crippen molar-refractivity contribution in [2.75, 3.05) is 25.5 Å². The number of carbonyl (C=O) groups excluding carboxylic acids is 1. The maximum absolute atomic E-state index is 14.6. The number of hydrogen-bond acceptors (Lipinski definition) is 5. The van der Waals surface area contributed by atoms with Gasteiger partial charge in [-0.1, -0.05) is 18.2 Å². The number of halogens is 3. The molecular weight excluding hydrogens is 435 g/mol. The van der Waals surface area contributed by atoms with E-state index in [0.717, 1.165) is 6.07 Å². The Morgan fingerprint density at radius 1 is 1.18 bits per heavy atom. The summed E-state index contributed by atoms with van der Waals surface area (Å²) < 4.78 is 52.3. The Hall–Kier alpha value is -3.49. The van der Waals surface area contributed by atoms with Gasteiger partial charge in [0.2, 0.25) is 5.91 Å². The molecule has 2 aromatic carbocycles. The van der Waals surface area contributed by atoms with Crippen LogP contribution in [0.3, 0.4) is 0 Å². The van der Waals surface area contributed by atoms with E-state index in [1.807, 2.05) is 0 Å². The Labute approximate surface area is 189 Å². The van der Waals surface area contributed by atoms with E-state index >= 15 is 0 Å². The summed E-state index contributed by atoms with van der Waals surface area (Å²) in [6.07, 6.45) is -1.42. The van der Waals surface area contributed by atoms with E-state index in [2.05, 4.69) is 10.3 Å². The van der Waals surface area contributed by atoms with Gasteiger partial charge in [-0.25, -0.2) is 13.2 Å². The second kappa shape index (κ2) is 9.17. The van der Waals surface area contributed by atoms with Crippen LogP contribution >= 0.6 is 0 Å². The molecule has 1 amide bonds. The third-order valence-electron chi connectivity index (χ3n) is 5.75. The van der Waals surface area contributed by atoms with Gasteiger partial charge in [0.05, 0.1) is 37.3 Å². The zero-order valence-corrected chi connectivity index (χ0v) is 18.4. The van der Waals surface area contributed by atoms with Crippen LogP contribution in [0.2, 0.25) is 0 Å². The number of benzene rings is 2. The van der Waals surface area contributed by atoms with Crippen molar-refractivity contribution in [3.63, 3.8) is 0 Å². The van der Waals surface area contributed by atoms with Gasteiger partial charge in [-0.2, -0.15) is 0 Å². The Bertz CT molecular complexity index is 1180. The highest BCUT2D eigenvalue weighted by atomic mass is 19.3. The van der Waals surface area contributed by atoms with E-state index in [-0.39, 0.29) is 17.6 Å². The molecular formula is C24H24F3N3O3. The largest absolute Gasteiger partial charge is 0.493 e. The average Bonchev–Trinajstić information content (AvgIpc) is 2.75. The van der Waals surface area contributed by atoms with Crippen LogP contribution in [0.15, 0.2) is 42.6 Å². The SMILES string of the molecule is COc1cc2c(N[C@H](C)c3cccc(C(F)F)c3F)ccnc2cc1OC1CN(C(C)=O)C1. The van der Waals surface area contributed by atoms with Gasteiger partial charge >= 0.3 is 0 Å². The molecule has 3 aromatic rings. The molecule has 9 heteroatoms. The van der Waals surface area contributed by atoms with Crippen LogP contribution in [0.25, 0.3) is 10.9 Å². The third kappa shape index (κ3) is 4.53. The highest BCUT2D eigenvalue weighted by Gasteiger charge is 2.31. The molecule has 1 aromatic heterocycles. The minimum absolute atomic E-state index is 0.00218. The van der Waals surface area contributed by atoms with Crippen molar-refractivity contribution in [3.05, 3.63) is 59.5 Å². The van der Waals surface area contributed by atoms with E-state index in [4.69, 9.17) is 9.47 Å². The number of carbonyl (C=O) groups is 1. The standard InChI is InChI=1S/C24H24F3N3O3/c1-13(16-5-4-6-17(23(16)25)24(26)27)29-19-7-8-28-20-10-22(21(32-3)9-18(19)20)33-15-11-30(12-15)14(2)31/h4-10,13,15,24H,11-12H2,1-3H3,(H,28,29)/t13-/m1/s1. The van der Waals surface area contributed by atoms with Crippen LogP contribution in [-0.4, -0.2) is 42.1 Å². The number of pyridine rings is 1. The molecule has 0 spiro atoms. The number of amides is 1. The highest BCUT2D eigenvalue weighted by Crippen LogP contribution is 2.37. The van der Waals surface area contributed by atoms with Gasteiger partial charge in [-0.3, -0.25) is 9.78 Å². The lowest BCUT2D eigenvalue weighted by molar-refractivity contribution is -0.137. The topological polar surface area (TPSA) is 63.7 Å². The maximum Gasteiger partial charge on any atom is 0.266 e. The number of fused-ring (bicyclic) bond motifs is 1. The Morgan fingerprint density at radius 3 is 2.58 bits per heavy atom. The summed E-state index contributed by atoms with van der Waals surface area (Å²) >= 11 is 0. The van der Waals surface area contributed by atoms with Crippen molar-refractivity contribution in [3.8, 4) is 11.5 Å². The van der Waals surface area contributed by atoms with E-state index in [0.29, 0.717) is 41.2 Å². The molecule has 0 bridgehead atoms. The molecule has 1 atom stereocenters. The van der Waals surface area contributed by atoms with Crippen molar-refractivity contribution < 1.29 is 27.4 Å². The van der Waals surface area contributed by atoms with Gasteiger partial charge < -0.3 is 19.7 Å². The number of ether oxygens (including phenoxy) is 2. The van der Waals surface area contributed by atoms with Crippen LogP contribution in [0.5, 0.6) is 11.5 Å². The second-order valence-corrected chi connectivity index (χ2v) is 7.96. The average molecular weight is 459 g/mol. The number of nitrogens with zero attached hydrogens (tertiary/aromatic N) is 2. The van der Waals surface area contributed by atoms with E-state index in [1.165, 1.54) is 26.2 Å². The van der Waals surface area contributed by atoms with Gasteiger partial charge in [0.25, 0.3) is 6.43 Å². The van der Waals surface area contributed by atoms with Gasteiger partial charge in [-0.05, 0) is 19.1 Å². The number of rotatable bonds is 7. The number of methoxy groups -OCH3 is 1. The minimum atomic E-state index is -2.89. The first-order valence-corrected chi connectivity index (χ1v) is 10.5. The van der Waals surface area contributed by atoms with Crippen molar-refractivity contribution in [1.82, 2.24) is 9.88 Å². The van der Waals surface area contributed by atoms with Crippen LogP contribution in [-0.2, 0) is 4.79 Å². The second-order valence-electron chi connectivity index (χ2n) is 7.96. The molecule has 0 unspecified atom stereocenters. The molecule has 1 fully saturated rings. The van der Waals surface area contributed by atoms with Gasteiger partial charge in [-0.15, -0.1) is 0 Å². The first kappa shape index (κ1) is 22.7.